The first-order valence-electron chi connectivity index (χ1n) is 7.65. The zero-order valence-corrected chi connectivity index (χ0v) is 11.6. The van der Waals surface area contributed by atoms with Crippen molar-refractivity contribution in [2.45, 2.75) is 38.1 Å². The Morgan fingerprint density at radius 2 is 2.16 bits per heavy atom. The summed E-state index contributed by atoms with van der Waals surface area (Å²) in [5.74, 6) is 0.284. The molecule has 0 spiro atoms. The molecule has 1 aliphatic carbocycles. The predicted molar refractivity (Wildman–Crippen MR) is 73.9 cm³/mol. The standard InChI is InChI=1S/C15H24N2O2/c18-15(13-5-3-1-2-4-6-13)17-8-7-16-9-10-19-12-14(16)11-17/h5,14H,1-4,6-12H2. The largest absolute Gasteiger partial charge is 0.378 e. The summed E-state index contributed by atoms with van der Waals surface area (Å²) in [6.07, 6.45) is 7.90. The number of allylic oxidation sites excluding steroid dienone is 1. The van der Waals surface area contributed by atoms with Crippen LogP contribution in [0.5, 0.6) is 0 Å². The van der Waals surface area contributed by atoms with Crippen molar-refractivity contribution in [3.8, 4) is 0 Å². The molecule has 3 aliphatic rings. The molecule has 19 heavy (non-hydrogen) atoms. The molecule has 0 aromatic heterocycles. The van der Waals surface area contributed by atoms with Crippen molar-refractivity contribution < 1.29 is 9.53 Å². The van der Waals surface area contributed by atoms with Crippen LogP contribution in [-0.2, 0) is 9.53 Å². The summed E-state index contributed by atoms with van der Waals surface area (Å²) in [7, 11) is 0. The van der Waals surface area contributed by atoms with Gasteiger partial charge in [0.05, 0.1) is 19.3 Å². The number of fused-ring (bicyclic) bond motifs is 1. The average Bonchev–Trinajstić information content (AvgIpc) is 2.75. The molecule has 0 aromatic carbocycles. The molecule has 0 aromatic rings. The van der Waals surface area contributed by atoms with Crippen molar-refractivity contribution in [1.29, 1.82) is 0 Å². The maximum atomic E-state index is 12.6. The van der Waals surface area contributed by atoms with Crippen LogP contribution < -0.4 is 0 Å². The van der Waals surface area contributed by atoms with E-state index in [1.165, 1.54) is 19.3 Å². The van der Waals surface area contributed by atoms with Crippen molar-refractivity contribution >= 4 is 5.91 Å². The molecule has 2 aliphatic heterocycles. The summed E-state index contributed by atoms with van der Waals surface area (Å²) in [5, 5.41) is 0. The van der Waals surface area contributed by atoms with Crippen LogP contribution >= 0.6 is 0 Å². The number of carbonyl (C=O) groups is 1. The highest BCUT2D eigenvalue weighted by atomic mass is 16.5. The summed E-state index contributed by atoms with van der Waals surface area (Å²) in [4.78, 5) is 17.1. The van der Waals surface area contributed by atoms with Crippen molar-refractivity contribution in [3.05, 3.63) is 11.6 Å². The van der Waals surface area contributed by atoms with Crippen molar-refractivity contribution in [1.82, 2.24) is 9.80 Å². The van der Waals surface area contributed by atoms with Crippen LogP contribution in [0.25, 0.3) is 0 Å². The SMILES string of the molecule is O=C(C1=CCCCCC1)N1CCN2CCOCC2C1. The average molecular weight is 264 g/mol. The van der Waals surface area contributed by atoms with E-state index in [1.54, 1.807) is 0 Å². The van der Waals surface area contributed by atoms with Gasteiger partial charge in [-0.3, -0.25) is 9.69 Å². The highest BCUT2D eigenvalue weighted by Gasteiger charge is 2.32. The maximum absolute atomic E-state index is 12.6. The second kappa shape index (κ2) is 6.06. The van der Waals surface area contributed by atoms with E-state index in [0.717, 1.165) is 57.8 Å². The number of rotatable bonds is 1. The summed E-state index contributed by atoms with van der Waals surface area (Å²) < 4.78 is 5.54. The lowest BCUT2D eigenvalue weighted by atomic mass is 10.1. The first-order chi connectivity index (χ1) is 9.34. The first-order valence-corrected chi connectivity index (χ1v) is 7.65. The normalized spacial score (nSPS) is 29.4. The Morgan fingerprint density at radius 1 is 1.21 bits per heavy atom. The molecule has 2 heterocycles. The highest BCUT2D eigenvalue weighted by molar-refractivity contribution is 5.93. The Morgan fingerprint density at radius 3 is 3.11 bits per heavy atom. The van der Waals surface area contributed by atoms with E-state index in [0.29, 0.717) is 6.04 Å². The Labute approximate surface area is 115 Å². The topological polar surface area (TPSA) is 32.8 Å². The minimum absolute atomic E-state index is 0.284. The van der Waals surface area contributed by atoms with E-state index >= 15 is 0 Å². The summed E-state index contributed by atoms with van der Waals surface area (Å²) in [6, 6.07) is 0.415. The number of nitrogens with zero attached hydrogens (tertiary/aromatic N) is 2. The molecule has 0 N–H and O–H groups in total. The van der Waals surface area contributed by atoms with Crippen LogP contribution in [-0.4, -0.2) is 61.1 Å². The van der Waals surface area contributed by atoms with Gasteiger partial charge in [-0.1, -0.05) is 12.5 Å². The zero-order valence-electron chi connectivity index (χ0n) is 11.6. The number of piperazine rings is 1. The second-order valence-electron chi connectivity index (χ2n) is 5.84. The highest BCUT2D eigenvalue weighted by Crippen LogP contribution is 2.21. The number of ether oxygens (including phenoxy) is 1. The molecule has 106 valence electrons. The molecule has 2 saturated heterocycles. The van der Waals surface area contributed by atoms with Crippen molar-refractivity contribution in [2.24, 2.45) is 0 Å². The van der Waals surface area contributed by atoms with Crippen molar-refractivity contribution in [3.63, 3.8) is 0 Å². The molecule has 4 nitrogen and oxygen atoms in total. The molecule has 2 fully saturated rings. The van der Waals surface area contributed by atoms with Crippen LogP contribution in [0.15, 0.2) is 11.6 Å². The van der Waals surface area contributed by atoms with Gasteiger partial charge in [-0.15, -0.1) is 0 Å². The van der Waals surface area contributed by atoms with Gasteiger partial charge in [-0.25, -0.2) is 0 Å². The third-order valence-electron chi connectivity index (χ3n) is 4.54. The fourth-order valence-electron chi connectivity index (χ4n) is 3.34. The molecule has 0 bridgehead atoms. The van der Waals surface area contributed by atoms with Gasteiger partial charge < -0.3 is 9.64 Å². The fourth-order valence-corrected chi connectivity index (χ4v) is 3.34. The minimum Gasteiger partial charge on any atom is -0.378 e. The molecule has 4 heteroatoms. The predicted octanol–water partition coefficient (Wildman–Crippen LogP) is 1.42. The molecule has 1 unspecified atom stereocenters. The van der Waals surface area contributed by atoms with Crippen LogP contribution in [0.2, 0.25) is 0 Å². The smallest absolute Gasteiger partial charge is 0.249 e. The minimum atomic E-state index is 0.284. The molecule has 0 radical (unpaired) electrons. The molecule has 1 atom stereocenters. The van der Waals surface area contributed by atoms with Crippen molar-refractivity contribution in [2.75, 3.05) is 39.4 Å². The van der Waals surface area contributed by atoms with E-state index in [-0.39, 0.29) is 5.91 Å². The molecule has 3 rings (SSSR count). The van der Waals surface area contributed by atoms with E-state index in [9.17, 15) is 4.79 Å². The van der Waals surface area contributed by atoms with Gasteiger partial charge >= 0.3 is 0 Å². The summed E-state index contributed by atoms with van der Waals surface area (Å²) in [5.41, 5.74) is 1.06. The number of amides is 1. The number of hydrogen-bond acceptors (Lipinski definition) is 3. The Hall–Kier alpha value is -0.870. The van der Waals surface area contributed by atoms with E-state index < -0.39 is 0 Å². The van der Waals surface area contributed by atoms with E-state index in [4.69, 9.17) is 4.74 Å². The first kappa shape index (κ1) is 13.1. The summed E-state index contributed by atoms with van der Waals surface area (Å²) >= 11 is 0. The van der Waals surface area contributed by atoms with Crippen LogP contribution in [0.4, 0.5) is 0 Å². The lowest BCUT2D eigenvalue weighted by Gasteiger charge is -2.43. The third-order valence-corrected chi connectivity index (χ3v) is 4.54. The quantitative estimate of drug-likeness (QED) is 0.718. The Bertz CT molecular complexity index is 367. The van der Waals surface area contributed by atoms with Gasteiger partial charge in [-0.05, 0) is 25.7 Å². The van der Waals surface area contributed by atoms with Gasteiger partial charge in [0, 0.05) is 31.8 Å². The lowest BCUT2D eigenvalue weighted by Crippen LogP contribution is -2.59. The van der Waals surface area contributed by atoms with Crippen LogP contribution in [0, 0.1) is 0 Å². The van der Waals surface area contributed by atoms with Gasteiger partial charge in [-0.2, -0.15) is 0 Å². The number of morpholine rings is 1. The van der Waals surface area contributed by atoms with E-state index in [2.05, 4.69) is 11.0 Å². The summed E-state index contributed by atoms with van der Waals surface area (Å²) in [6.45, 7) is 5.38. The van der Waals surface area contributed by atoms with Gasteiger partial charge in [0.2, 0.25) is 5.91 Å². The lowest BCUT2D eigenvalue weighted by molar-refractivity contribution is -0.133. The zero-order chi connectivity index (χ0) is 13.1. The molecule has 1 amide bonds. The Balaban J connectivity index is 1.62. The number of hydrogen-bond donors (Lipinski definition) is 0. The molecule has 0 saturated carbocycles. The van der Waals surface area contributed by atoms with Gasteiger partial charge in [0.15, 0.2) is 0 Å². The van der Waals surface area contributed by atoms with Crippen LogP contribution in [0.3, 0.4) is 0 Å². The second-order valence-corrected chi connectivity index (χ2v) is 5.84. The molecular weight excluding hydrogens is 240 g/mol. The van der Waals surface area contributed by atoms with Gasteiger partial charge in [0.25, 0.3) is 0 Å². The number of carbonyl (C=O) groups excluding carboxylic acids is 1. The van der Waals surface area contributed by atoms with Crippen LogP contribution in [0.1, 0.15) is 32.1 Å². The fraction of sp³-hybridized carbons (Fsp3) is 0.800. The third kappa shape index (κ3) is 3.00. The van der Waals surface area contributed by atoms with E-state index in [1.807, 2.05) is 4.90 Å². The maximum Gasteiger partial charge on any atom is 0.249 e. The Kier molecular flexibility index (Phi) is 4.18. The monoisotopic (exact) mass is 264 g/mol. The molecular formula is C15H24N2O2. The van der Waals surface area contributed by atoms with Gasteiger partial charge in [0.1, 0.15) is 0 Å².